The number of benzene rings is 6. The van der Waals surface area contributed by atoms with Crippen molar-refractivity contribution in [2.45, 2.75) is 0 Å². The Kier molecular flexibility index (Phi) is 5.24. The highest BCUT2D eigenvalue weighted by atomic mass is 32.1. The Labute approximate surface area is 265 Å². The van der Waals surface area contributed by atoms with E-state index in [1.165, 1.54) is 82.0 Å². The molecule has 0 bridgehead atoms. The molecule has 0 saturated carbocycles. The normalized spacial score (nSPS) is 12.3. The third kappa shape index (κ3) is 3.69. The lowest BCUT2D eigenvalue weighted by atomic mass is 10.0. The van der Waals surface area contributed by atoms with Crippen LogP contribution >= 0.6 is 45.3 Å². The lowest BCUT2D eigenvalue weighted by molar-refractivity contribution is 0.628. The van der Waals surface area contributed by atoms with E-state index in [0.717, 1.165) is 22.3 Å². The van der Waals surface area contributed by atoms with Crippen LogP contribution in [0.1, 0.15) is 0 Å². The second kappa shape index (κ2) is 9.16. The fraction of sp³-hybridized carbons (Fsp3) is 0. The first-order chi connectivity index (χ1) is 21.6. The number of fused-ring (bicyclic) bond motifs is 11. The van der Waals surface area contributed by atoms with Gasteiger partial charge in [-0.05, 0) is 93.7 Å². The molecule has 0 nitrogen and oxygen atoms in total. The Morgan fingerprint density at radius 2 is 0.727 bits per heavy atom. The van der Waals surface area contributed by atoms with E-state index >= 15 is 0 Å². The number of hydrogen-bond donors (Lipinski definition) is 0. The van der Waals surface area contributed by atoms with Crippen molar-refractivity contribution in [3.8, 4) is 22.3 Å². The van der Waals surface area contributed by atoms with Crippen molar-refractivity contribution < 1.29 is 8.78 Å². The molecule has 0 fully saturated rings. The monoisotopic (exact) mass is 640 g/mol. The quantitative estimate of drug-likeness (QED) is 0.176. The molecule has 44 heavy (non-hydrogen) atoms. The summed E-state index contributed by atoms with van der Waals surface area (Å²) in [4.78, 5) is 0. The zero-order valence-electron chi connectivity index (χ0n) is 22.8. The van der Waals surface area contributed by atoms with Crippen LogP contribution in [0.25, 0.3) is 92.2 Å². The summed E-state index contributed by atoms with van der Waals surface area (Å²) in [5.74, 6) is -0.425. The Bertz CT molecular complexity index is 2620. The first kappa shape index (κ1) is 25.2. The molecule has 0 aliphatic rings. The molecule has 4 heterocycles. The van der Waals surface area contributed by atoms with Gasteiger partial charge in [-0.15, -0.1) is 45.3 Å². The van der Waals surface area contributed by atoms with Gasteiger partial charge in [0.2, 0.25) is 0 Å². The summed E-state index contributed by atoms with van der Waals surface area (Å²) in [5, 5.41) is 7.66. The zero-order chi connectivity index (χ0) is 29.1. The average Bonchev–Trinajstić information content (AvgIpc) is 3.76. The summed E-state index contributed by atoms with van der Waals surface area (Å²) in [5.41, 5.74) is 3.88. The molecule has 0 aliphatic carbocycles. The van der Waals surface area contributed by atoms with Gasteiger partial charge in [0.25, 0.3) is 0 Å². The van der Waals surface area contributed by atoms with E-state index in [9.17, 15) is 8.78 Å². The lowest BCUT2D eigenvalue weighted by Gasteiger charge is -2.02. The van der Waals surface area contributed by atoms with E-state index in [-0.39, 0.29) is 11.6 Å². The van der Waals surface area contributed by atoms with Gasteiger partial charge < -0.3 is 0 Å². The second-order valence-electron chi connectivity index (χ2n) is 11.2. The summed E-state index contributed by atoms with van der Waals surface area (Å²) in [6.07, 6.45) is 0. The summed E-state index contributed by atoms with van der Waals surface area (Å²) in [7, 11) is 0. The number of hydrogen-bond acceptors (Lipinski definition) is 4. The summed E-state index contributed by atoms with van der Waals surface area (Å²) in [6.45, 7) is 0. The van der Waals surface area contributed by atoms with Gasteiger partial charge in [-0.25, -0.2) is 8.78 Å². The first-order valence-electron chi connectivity index (χ1n) is 14.2. The minimum atomic E-state index is -0.212. The molecule has 4 aromatic heterocycles. The van der Waals surface area contributed by atoms with Gasteiger partial charge in [-0.3, -0.25) is 0 Å². The predicted octanol–water partition coefficient (Wildman–Crippen LogP) is 13.6. The summed E-state index contributed by atoms with van der Waals surface area (Å²) < 4.78 is 38.1. The van der Waals surface area contributed by atoms with Gasteiger partial charge in [0.05, 0.1) is 18.8 Å². The highest BCUT2D eigenvalue weighted by molar-refractivity contribution is 7.37. The van der Waals surface area contributed by atoms with Crippen molar-refractivity contribution in [3.05, 3.63) is 121 Å². The van der Waals surface area contributed by atoms with Crippen LogP contribution in [0.3, 0.4) is 0 Å². The topological polar surface area (TPSA) is 0 Å². The van der Waals surface area contributed by atoms with Crippen molar-refractivity contribution in [1.82, 2.24) is 0 Å². The number of halogens is 2. The zero-order valence-corrected chi connectivity index (χ0v) is 26.0. The first-order valence-corrected chi connectivity index (χ1v) is 17.5. The fourth-order valence-electron chi connectivity index (χ4n) is 6.45. The van der Waals surface area contributed by atoms with E-state index in [4.69, 9.17) is 0 Å². The predicted molar refractivity (Wildman–Crippen MR) is 191 cm³/mol. The van der Waals surface area contributed by atoms with Crippen LogP contribution in [-0.4, -0.2) is 0 Å². The minimum absolute atomic E-state index is 0.212. The van der Waals surface area contributed by atoms with Crippen LogP contribution in [0.15, 0.2) is 109 Å². The van der Waals surface area contributed by atoms with Crippen molar-refractivity contribution in [3.63, 3.8) is 0 Å². The molecule has 208 valence electrons. The minimum Gasteiger partial charge on any atom is -0.207 e. The molecule has 0 atom stereocenters. The van der Waals surface area contributed by atoms with Gasteiger partial charge in [0.15, 0.2) is 0 Å². The van der Waals surface area contributed by atoms with Crippen molar-refractivity contribution in [1.29, 1.82) is 0 Å². The highest BCUT2D eigenvalue weighted by Crippen LogP contribution is 2.49. The maximum Gasteiger partial charge on any atom is 0.123 e. The summed E-state index contributed by atoms with van der Waals surface area (Å²) in [6, 6.07) is 36.1. The van der Waals surface area contributed by atoms with E-state index in [0.29, 0.717) is 0 Å². The maximum atomic E-state index is 13.9. The highest BCUT2D eigenvalue weighted by Gasteiger charge is 2.17. The molecule has 10 rings (SSSR count). The van der Waals surface area contributed by atoms with Crippen molar-refractivity contribution >= 4 is 115 Å². The van der Waals surface area contributed by atoms with E-state index in [1.54, 1.807) is 24.3 Å². The molecule has 6 heteroatoms. The third-order valence-electron chi connectivity index (χ3n) is 8.56. The lowest BCUT2D eigenvalue weighted by Crippen LogP contribution is -1.79. The fourth-order valence-corrected chi connectivity index (χ4v) is 11.9. The van der Waals surface area contributed by atoms with Crippen LogP contribution in [-0.2, 0) is 0 Å². The molecule has 0 amide bonds. The van der Waals surface area contributed by atoms with Crippen molar-refractivity contribution in [2.75, 3.05) is 0 Å². The van der Waals surface area contributed by atoms with Crippen LogP contribution in [0.4, 0.5) is 8.78 Å². The van der Waals surface area contributed by atoms with Gasteiger partial charge in [0.1, 0.15) is 11.6 Å². The molecule has 0 unspecified atom stereocenters. The van der Waals surface area contributed by atoms with Crippen LogP contribution in [0.2, 0.25) is 0 Å². The van der Waals surface area contributed by atoms with Gasteiger partial charge >= 0.3 is 0 Å². The van der Waals surface area contributed by atoms with Crippen molar-refractivity contribution in [2.24, 2.45) is 0 Å². The van der Waals surface area contributed by atoms with Crippen LogP contribution in [0.5, 0.6) is 0 Å². The average molecular weight is 641 g/mol. The molecule has 0 N–H and O–H groups in total. The second-order valence-corrected chi connectivity index (χ2v) is 15.4. The largest absolute Gasteiger partial charge is 0.207 e. The van der Waals surface area contributed by atoms with E-state index in [1.807, 2.05) is 57.5 Å². The number of thiophene rings is 4. The summed E-state index contributed by atoms with van der Waals surface area (Å²) >= 11 is 7.38. The molecule has 0 saturated heterocycles. The standard InChI is InChI=1S/C38H18F2S4/c39-25-5-1-3-19(11-25)21-7-9-27-31(15-21)41-37-29-13-23-18-34-30(14-24(23)17-33(29)43-35(27)37)38-36(44-34)28-10-8-22(16-32(28)42-38)20-4-2-6-26(40)12-20/h1-18H. The Morgan fingerprint density at radius 3 is 1.16 bits per heavy atom. The molecule has 6 aromatic carbocycles. The van der Waals surface area contributed by atoms with Gasteiger partial charge in [-0.1, -0.05) is 48.5 Å². The Morgan fingerprint density at radius 1 is 0.341 bits per heavy atom. The van der Waals surface area contributed by atoms with Gasteiger partial charge in [0, 0.05) is 40.3 Å². The van der Waals surface area contributed by atoms with E-state index in [2.05, 4.69) is 60.7 Å². The molecule has 0 spiro atoms. The molecular weight excluding hydrogens is 623 g/mol. The number of rotatable bonds is 2. The SMILES string of the molecule is Fc1cccc(-c2ccc3c(c2)sc2c4cc5cc6sc7c8ccc(-c9cccc(F)c9)cc8sc7c6cc5cc4sc32)c1. The Balaban J connectivity index is 1.12. The smallest absolute Gasteiger partial charge is 0.123 e. The third-order valence-corrected chi connectivity index (χ3v) is 13.6. The molecule has 0 aliphatic heterocycles. The molecular formula is C38H18F2S4. The molecule has 10 aromatic rings. The Hall–Kier alpha value is -4.20. The molecule has 0 radical (unpaired) electrons. The maximum absolute atomic E-state index is 13.9. The van der Waals surface area contributed by atoms with Gasteiger partial charge in [-0.2, -0.15) is 0 Å². The van der Waals surface area contributed by atoms with E-state index < -0.39 is 0 Å². The van der Waals surface area contributed by atoms with Crippen LogP contribution < -0.4 is 0 Å². The van der Waals surface area contributed by atoms with Crippen LogP contribution in [0, 0.1) is 11.6 Å².